The fourth-order valence-corrected chi connectivity index (χ4v) is 5.02. The minimum absolute atomic E-state index is 0.849. The molecule has 0 aliphatic heterocycles. The van der Waals surface area contributed by atoms with E-state index in [1.165, 1.54) is 43.0 Å². The Morgan fingerprint density at radius 3 is 2.67 bits per heavy atom. The average Bonchev–Trinajstić information content (AvgIpc) is 3.00. The van der Waals surface area contributed by atoms with Crippen LogP contribution in [0.25, 0.3) is 0 Å². The lowest BCUT2D eigenvalue weighted by molar-refractivity contribution is 0.245. The molecule has 2 bridgehead atoms. The number of hydrogen-bond donors (Lipinski definition) is 0. The van der Waals surface area contributed by atoms with E-state index in [2.05, 4.69) is 47.1 Å². The summed E-state index contributed by atoms with van der Waals surface area (Å²) >= 11 is 3.78. The molecule has 0 saturated heterocycles. The van der Waals surface area contributed by atoms with Crippen molar-refractivity contribution in [2.45, 2.75) is 39.0 Å². The van der Waals surface area contributed by atoms with Crippen LogP contribution in [0, 0.1) is 30.6 Å². The minimum Gasteiger partial charge on any atom is -0.0925 e. The van der Waals surface area contributed by atoms with Crippen molar-refractivity contribution in [2.24, 2.45) is 23.7 Å². The maximum Gasteiger partial charge on any atom is 0.00656 e. The number of aryl methyl sites for hydroxylation is 1. The summed E-state index contributed by atoms with van der Waals surface area (Å²) < 4.78 is 0. The largest absolute Gasteiger partial charge is 0.0925 e. The predicted octanol–water partition coefficient (Wildman–Crippen LogP) is 4.98. The molecule has 2 fully saturated rings. The Morgan fingerprint density at radius 2 is 2.06 bits per heavy atom. The predicted molar refractivity (Wildman–Crippen MR) is 81.1 cm³/mol. The standard InChI is InChI=1S/C17H23Br/c1-12-4-2-3-5-14(12)10-16(11-18)17-9-13-6-7-15(17)8-13/h2-5,13,15-17H,6-11H2,1H3. The Morgan fingerprint density at radius 1 is 1.22 bits per heavy atom. The molecule has 4 unspecified atom stereocenters. The third-order valence-electron chi connectivity index (χ3n) is 5.34. The fourth-order valence-electron chi connectivity index (χ4n) is 4.31. The molecule has 0 N–H and O–H groups in total. The summed E-state index contributed by atoms with van der Waals surface area (Å²) in [5.74, 6) is 3.95. The van der Waals surface area contributed by atoms with Crippen molar-refractivity contribution < 1.29 is 0 Å². The monoisotopic (exact) mass is 306 g/mol. The van der Waals surface area contributed by atoms with Crippen molar-refractivity contribution in [1.29, 1.82) is 0 Å². The van der Waals surface area contributed by atoms with Gasteiger partial charge in [0.2, 0.25) is 0 Å². The van der Waals surface area contributed by atoms with Gasteiger partial charge in [0, 0.05) is 5.33 Å². The molecule has 2 aliphatic rings. The summed E-state index contributed by atoms with van der Waals surface area (Å²) in [7, 11) is 0. The molecular formula is C17H23Br. The quantitative estimate of drug-likeness (QED) is 0.688. The first-order valence-corrected chi connectivity index (χ1v) is 8.50. The molecular weight excluding hydrogens is 284 g/mol. The van der Waals surface area contributed by atoms with Gasteiger partial charge in [-0.25, -0.2) is 0 Å². The number of fused-ring (bicyclic) bond motifs is 2. The second-order valence-electron chi connectivity index (χ2n) is 6.38. The number of alkyl halides is 1. The van der Waals surface area contributed by atoms with Crippen LogP contribution in [0.5, 0.6) is 0 Å². The summed E-state index contributed by atoms with van der Waals surface area (Å²) in [4.78, 5) is 0. The lowest BCUT2D eigenvalue weighted by atomic mass is 9.77. The molecule has 0 aromatic heterocycles. The third kappa shape index (κ3) is 2.39. The van der Waals surface area contributed by atoms with Gasteiger partial charge in [-0.05, 0) is 67.4 Å². The maximum absolute atomic E-state index is 3.78. The molecule has 0 spiro atoms. The molecule has 3 rings (SSSR count). The number of rotatable bonds is 4. The van der Waals surface area contributed by atoms with Gasteiger partial charge in [-0.2, -0.15) is 0 Å². The zero-order valence-corrected chi connectivity index (χ0v) is 12.8. The Hall–Kier alpha value is -0.300. The van der Waals surface area contributed by atoms with Crippen LogP contribution in [0.2, 0.25) is 0 Å². The number of hydrogen-bond acceptors (Lipinski definition) is 0. The van der Waals surface area contributed by atoms with Gasteiger partial charge in [-0.3, -0.25) is 0 Å². The molecule has 1 aromatic carbocycles. The zero-order valence-electron chi connectivity index (χ0n) is 11.2. The van der Waals surface area contributed by atoms with Crippen LogP contribution in [0.15, 0.2) is 24.3 Å². The van der Waals surface area contributed by atoms with E-state index in [0.717, 1.165) is 23.7 Å². The summed E-state index contributed by atoms with van der Waals surface area (Å²) in [5.41, 5.74) is 3.02. The molecule has 98 valence electrons. The van der Waals surface area contributed by atoms with E-state index in [4.69, 9.17) is 0 Å². The van der Waals surface area contributed by atoms with Crippen LogP contribution in [-0.4, -0.2) is 5.33 Å². The molecule has 0 amide bonds. The van der Waals surface area contributed by atoms with Crippen LogP contribution >= 0.6 is 15.9 Å². The van der Waals surface area contributed by atoms with Gasteiger partial charge >= 0.3 is 0 Å². The first-order valence-electron chi connectivity index (χ1n) is 7.38. The third-order valence-corrected chi connectivity index (χ3v) is 6.17. The van der Waals surface area contributed by atoms with Crippen LogP contribution in [0.3, 0.4) is 0 Å². The molecule has 2 saturated carbocycles. The molecule has 0 radical (unpaired) electrons. The van der Waals surface area contributed by atoms with Crippen LogP contribution < -0.4 is 0 Å². The molecule has 1 aromatic rings. The molecule has 4 atom stereocenters. The van der Waals surface area contributed by atoms with Gasteiger partial charge in [0.25, 0.3) is 0 Å². The van der Waals surface area contributed by atoms with E-state index >= 15 is 0 Å². The first-order chi connectivity index (χ1) is 8.78. The van der Waals surface area contributed by atoms with Crippen LogP contribution in [0.1, 0.15) is 36.8 Å². The summed E-state index contributed by atoms with van der Waals surface area (Å²) in [6.07, 6.45) is 7.33. The lowest BCUT2D eigenvalue weighted by Gasteiger charge is -2.29. The van der Waals surface area contributed by atoms with Crippen molar-refractivity contribution >= 4 is 15.9 Å². The Kier molecular flexibility index (Phi) is 3.79. The Balaban J connectivity index is 1.72. The molecule has 0 heterocycles. The highest BCUT2D eigenvalue weighted by molar-refractivity contribution is 9.09. The molecule has 1 heteroatoms. The lowest BCUT2D eigenvalue weighted by Crippen LogP contribution is -2.24. The van der Waals surface area contributed by atoms with E-state index < -0.39 is 0 Å². The van der Waals surface area contributed by atoms with Gasteiger partial charge in [0.05, 0.1) is 0 Å². The number of benzene rings is 1. The number of halogens is 1. The van der Waals surface area contributed by atoms with Crippen molar-refractivity contribution in [3.05, 3.63) is 35.4 Å². The second-order valence-corrected chi connectivity index (χ2v) is 7.03. The van der Waals surface area contributed by atoms with E-state index in [-0.39, 0.29) is 0 Å². The fraction of sp³-hybridized carbons (Fsp3) is 0.647. The van der Waals surface area contributed by atoms with Gasteiger partial charge in [0.15, 0.2) is 0 Å². The highest BCUT2D eigenvalue weighted by Crippen LogP contribution is 2.51. The summed E-state index contributed by atoms with van der Waals surface area (Å²) in [6.45, 7) is 2.25. The molecule has 18 heavy (non-hydrogen) atoms. The van der Waals surface area contributed by atoms with Gasteiger partial charge in [-0.1, -0.05) is 46.6 Å². The normalized spacial score (nSPS) is 31.8. The van der Waals surface area contributed by atoms with E-state index in [1.54, 1.807) is 5.56 Å². The van der Waals surface area contributed by atoms with Crippen LogP contribution in [0.4, 0.5) is 0 Å². The van der Waals surface area contributed by atoms with Gasteiger partial charge < -0.3 is 0 Å². The molecule has 0 nitrogen and oxygen atoms in total. The van der Waals surface area contributed by atoms with Gasteiger partial charge in [0.1, 0.15) is 0 Å². The Labute approximate surface area is 119 Å². The van der Waals surface area contributed by atoms with Crippen molar-refractivity contribution in [1.82, 2.24) is 0 Å². The molecule has 2 aliphatic carbocycles. The topological polar surface area (TPSA) is 0 Å². The summed E-state index contributed by atoms with van der Waals surface area (Å²) in [5, 5.41) is 1.18. The van der Waals surface area contributed by atoms with E-state index in [1.807, 2.05) is 0 Å². The maximum atomic E-state index is 3.78. The van der Waals surface area contributed by atoms with Crippen LogP contribution in [-0.2, 0) is 6.42 Å². The van der Waals surface area contributed by atoms with Crippen molar-refractivity contribution in [3.63, 3.8) is 0 Å². The average molecular weight is 307 g/mol. The Bertz CT molecular complexity index is 412. The van der Waals surface area contributed by atoms with Crippen molar-refractivity contribution in [2.75, 3.05) is 5.33 Å². The van der Waals surface area contributed by atoms with E-state index in [9.17, 15) is 0 Å². The highest BCUT2D eigenvalue weighted by Gasteiger charge is 2.42. The second kappa shape index (κ2) is 5.36. The van der Waals surface area contributed by atoms with Crippen molar-refractivity contribution in [3.8, 4) is 0 Å². The minimum atomic E-state index is 0.849. The zero-order chi connectivity index (χ0) is 12.5. The highest BCUT2D eigenvalue weighted by atomic mass is 79.9. The summed E-state index contributed by atoms with van der Waals surface area (Å²) in [6, 6.07) is 8.91. The van der Waals surface area contributed by atoms with Gasteiger partial charge in [-0.15, -0.1) is 0 Å². The SMILES string of the molecule is Cc1ccccc1CC(CBr)C1CC2CCC1C2. The smallest absolute Gasteiger partial charge is 0.00656 e. The van der Waals surface area contributed by atoms with E-state index in [0.29, 0.717) is 0 Å². The first kappa shape index (κ1) is 12.7.